The maximum Gasteiger partial charge on any atom is 0.171 e. The third kappa shape index (κ3) is 3.36. The predicted molar refractivity (Wildman–Crippen MR) is 61.8 cm³/mol. The molecule has 0 bridgehead atoms. The van der Waals surface area contributed by atoms with Gasteiger partial charge in [-0.25, -0.2) is 4.98 Å². The van der Waals surface area contributed by atoms with Gasteiger partial charge in [-0.15, -0.1) is 0 Å². The average molecular weight is 226 g/mol. The molecule has 0 aliphatic heterocycles. The second-order valence-electron chi connectivity index (χ2n) is 3.19. The Bertz CT molecular complexity index is 301. The minimum Gasteiger partial charge on any atom is -0.490 e. The van der Waals surface area contributed by atoms with E-state index in [9.17, 15) is 0 Å². The van der Waals surface area contributed by atoms with E-state index in [0.29, 0.717) is 31.3 Å². The first-order chi connectivity index (χ1) is 7.83. The molecule has 0 aliphatic carbocycles. The molecule has 1 aromatic rings. The number of ether oxygens (including phenoxy) is 1. The zero-order chi connectivity index (χ0) is 11.8. The lowest BCUT2D eigenvalue weighted by atomic mass is 10.3. The molecular formula is C11H18N2O3. The molecule has 0 atom stereocenters. The molecule has 1 heterocycles. The summed E-state index contributed by atoms with van der Waals surface area (Å²) in [6.07, 6.45) is 1.67. The molecule has 1 aromatic heterocycles. The van der Waals surface area contributed by atoms with Crippen molar-refractivity contribution < 1.29 is 14.9 Å². The molecule has 0 saturated heterocycles. The van der Waals surface area contributed by atoms with Gasteiger partial charge in [0, 0.05) is 19.3 Å². The van der Waals surface area contributed by atoms with Crippen molar-refractivity contribution in [2.24, 2.45) is 0 Å². The van der Waals surface area contributed by atoms with Crippen molar-refractivity contribution in [1.82, 2.24) is 4.98 Å². The number of hydrogen-bond donors (Lipinski definition) is 2. The van der Waals surface area contributed by atoms with Crippen LogP contribution in [0.2, 0.25) is 0 Å². The normalized spacial score (nSPS) is 10.2. The largest absolute Gasteiger partial charge is 0.490 e. The summed E-state index contributed by atoms with van der Waals surface area (Å²) in [7, 11) is 0. The summed E-state index contributed by atoms with van der Waals surface area (Å²) in [4.78, 5) is 6.01. The van der Waals surface area contributed by atoms with Gasteiger partial charge >= 0.3 is 0 Å². The molecule has 2 N–H and O–H groups in total. The van der Waals surface area contributed by atoms with E-state index in [-0.39, 0.29) is 13.2 Å². The molecule has 0 unspecified atom stereocenters. The molecule has 0 aromatic carbocycles. The first-order valence-electron chi connectivity index (χ1n) is 5.38. The number of nitrogens with zero attached hydrogens (tertiary/aromatic N) is 2. The van der Waals surface area contributed by atoms with E-state index < -0.39 is 0 Å². The van der Waals surface area contributed by atoms with Crippen LogP contribution in [0.4, 0.5) is 5.82 Å². The summed E-state index contributed by atoms with van der Waals surface area (Å²) in [6.45, 7) is 3.35. The van der Waals surface area contributed by atoms with Gasteiger partial charge < -0.3 is 19.8 Å². The second-order valence-corrected chi connectivity index (χ2v) is 3.19. The van der Waals surface area contributed by atoms with Crippen LogP contribution in [0.25, 0.3) is 0 Å². The Labute approximate surface area is 95.3 Å². The summed E-state index contributed by atoms with van der Waals surface area (Å²) < 4.78 is 5.44. The molecule has 0 saturated carbocycles. The third-order valence-electron chi connectivity index (χ3n) is 2.09. The lowest BCUT2D eigenvalue weighted by Crippen LogP contribution is -2.30. The highest BCUT2D eigenvalue weighted by Crippen LogP contribution is 2.24. The summed E-state index contributed by atoms with van der Waals surface area (Å²) >= 11 is 0. The van der Waals surface area contributed by atoms with E-state index in [1.54, 1.807) is 17.2 Å². The van der Waals surface area contributed by atoms with Gasteiger partial charge in [-0.2, -0.15) is 0 Å². The fraction of sp³-hybridized carbons (Fsp3) is 0.545. The third-order valence-corrected chi connectivity index (χ3v) is 2.09. The molecule has 5 nitrogen and oxygen atoms in total. The molecule has 0 fully saturated rings. The fourth-order valence-electron chi connectivity index (χ4n) is 1.45. The minimum absolute atomic E-state index is 0.0160. The molecule has 0 aliphatic rings. The Morgan fingerprint density at radius 2 is 2.00 bits per heavy atom. The lowest BCUT2D eigenvalue weighted by molar-refractivity contribution is 0.278. The number of aliphatic hydroxyl groups is 2. The van der Waals surface area contributed by atoms with Gasteiger partial charge in [-0.1, -0.05) is 0 Å². The van der Waals surface area contributed by atoms with Crippen molar-refractivity contribution in [3.63, 3.8) is 0 Å². The number of pyridine rings is 1. The van der Waals surface area contributed by atoms with Gasteiger partial charge in [-0.3, -0.25) is 0 Å². The van der Waals surface area contributed by atoms with E-state index in [1.165, 1.54) is 0 Å². The van der Waals surface area contributed by atoms with Crippen LogP contribution in [0.5, 0.6) is 5.75 Å². The van der Waals surface area contributed by atoms with Crippen LogP contribution in [0, 0.1) is 0 Å². The van der Waals surface area contributed by atoms with Crippen LogP contribution in [0.3, 0.4) is 0 Å². The van der Waals surface area contributed by atoms with Crippen molar-refractivity contribution >= 4 is 5.82 Å². The Balaban J connectivity index is 2.87. The second kappa shape index (κ2) is 7.03. The Morgan fingerprint density at radius 3 is 2.56 bits per heavy atom. The average Bonchev–Trinajstić information content (AvgIpc) is 2.30. The van der Waals surface area contributed by atoms with Crippen molar-refractivity contribution in [1.29, 1.82) is 0 Å². The highest BCUT2D eigenvalue weighted by molar-refractivity contribution is 5.52. The zero-order valence-electron chi connectivity index (χ0n) is 9.46. The van der Waals surface area contributed by atoms with Crippen LogP contribution in [0.1, 0.15) is 6.92 Å². The molecule has 0 radical (unpaired) electrons. The first-order valence-corrected chi connectivity index (χ1v) is 5.38. The zero-order valence-corrected chi connectivity index (χ0v) is 9.46. The monoisotopic (exact) mass is 226 g/mol. The highest BCUT2D eigenvalue weighted by atomic mass is 16.5. The van der Waals surface area contributed by atoms with E-state index in [4.69, 9.17) is 14.9 Å². The lowest BCUT2D eigenvalue weighted by Gasteiger charge is -2.23. The van der Waals surface area contributed by atoms with E-state index in [1.807, 2.05) is 13.0 Å². The maximum absolute atomic E-state index is 8.95. The smallest absolute Gasteiger partial charge is 0.171 e. The maximum atomic E-state index is 8.95. The number of rotatable bonds is 7. The molecule has 1 rings (SSSR count). The van der Waals surface area contributed by atoms with Crippen LogP contribution in [-0.4, -0.2) is 48.1 Å². The molecule has 0 spiro atoms. The fourth-order valence-corrected chi connectivity index (χ4v) is 1.45. The van der Waals surface area contributed by atoms with E-state index in [0.717, 1.165) is 0 Å². The van der Waals surface area contributed by atoms with Crippen molar-refractivity contribution in [3.8, 4) is 5.75 Å². The quantitative estimate of drug-likeness (QED) is 0.698. The minimum atomic E-state index is 0.0160. The number of aromatic nitrogens is 1. The van der Waals surface area contributed by atoms with E-state index in [2.05, 4.69) is 4.98 Å². The number of aliphatic hydroxyl groups excluding tert-OH is 2. The first kappa shape index (κ1) is 12.7. The molecule has 0 amide bonds. The SMILES string of the molecule is CCOc1cccnc1N(CCO)CCO. The molecule has 16 heavy (non-hydrogen) atoms. The Hall–Kier alpha value is -1.33. The van der Waals surface area contributed by atoms with Gasteiger partial charge in [0.05, 0.1) is 19.8 Å². The standard InChI is InChI=1S/C11H18N2O3/c1-2-16-10-4-3-5-12-11(10)13(6-8-14)7-9-15/h3-5,14-15H,2,6-9H2,1H3. The topological polar surface area (TPSA) is 65.8 Å². The van der Waals surface area contributed by atoms with Crippen LogP contribution in [0.15, 0.2) is 18.3 Å². The van der Waals surface area contributed by atoms with Crippen LogP contribution in [-0.2, 0) is 0 Å². The summed E-state index contributed by atoms with van der Waals surface area (Å²) in [5, 5.41) is 17.9. The highest BCUT2D eigenvalue weighted by Gasteiger charge is 2.12. The molecule has 90 valence electrons. The summed E-state index contributed by atoms with van der Waals surface area (Å²) in [5.74, 6) is 1.33. The predicted octanol–water partition coefficient (Wildman–Crippen LogP) is 0.271. The van der Waals surface area contributed by atoms with Gasteiger partial charge in [-0.05, 0) is 19.1 Å². The number of hydrogen-bond acceptors (Lipinski definition) is 5. The van der Waals surface area contributed by atoms with Crippen molar-refractivity contribution in [2.45, 2.75) is 6.92 Å². The molecular weight excluding hydrogens is 208 g/mol. The van der Waals surface area contributed by atoms with E-state index >= 15 is 0 Å². The van der Waals surface area contributed by atoms with Crippen LogP contribution < -0.4 is 9.64 Å². The number of anilines is 1. The molecule has 5 heteroatoms. The van der Waals surface area contributed by atoms with Crippen molar-refractivity contribution in [2.75, 3.05) is 37.8 Å². The van der Waals surface area contributed by atoms with Gasteiger partial charge in [0.25, 0.3) is 0 Å². The summed E-state index contributed by atoms with van der Waals surface area (Å²) in [6, 6.07) is 3.62. The van der Waals surface area contributed by atoms with Crippen molar-refractivity contribution in [3.05, 3.63) is 18.3 Å². The van der Waals surface area contributed by atoms with Gasteiger partial charge in [0.1, 0.15) is 0 Å². The van der Waals surface area contributed by atoms with Gasteiger partial charge in [0.15, 0.2) is 11.6 Å². The van der Waals surface area contributed by atoms with Crippen LogP contribution >= 0.6 is 0 Å². The Kier molecular flexibility index (Phi) is 5.60. The van der Waals surface area contributed by atoms with Gasteiger partial charge in [0.2, 0.25) is 0 Å². The summed E-state index contributed by atoms with van der Waals surface area (Å²) in [5.41, 5.74) is 0. The Morgan fingerprint density at radius 1 is 1.31 bits per heavy atom.